The van der Waals surface area contributed by atoms with Crippen LogP contribution in [0.25, 0.3) is 0 Å². The second kappa shape index (κ2) is 9.29. The summed E-state index contributed by atoms with van der Waals surface area (Å²) in [6, 6.07) is 15.3. The van der Waals surface area contributed by atoms with E-state index in [1.807, 2.05) is 48.5 Å². The maximum absolute atomic E-state index is 12.5. The van der Waals surface area contributed by atoms with Gasteiger partial charge in [0.1, 0.15) is 18.5 Å². The van der Waals surface area contributed by atoms with Crippen LogP contribution in [0.3, 0.4) is 0 Å². The van der Waals surface area contributed by atoms with E-state index < -0.39 is 5.54 Å². The molecule has 0 aliphatic carbocycles. The first-order valence-electron chi connectivity index (χ1n) is 10.6. The number of para-hydroxylation sites is 2. The number of hydrogen-bond donors (Lipinski definition) is 2. The van der Waals surface area contributed by atoms with E-state index in [9.17, 15) is 9.59 Å². The molecule has 0 aromatic heterocycles. The molecule has 2 heterocycles. The van der Waals surface area contributed by atoms with E-state index in [1.165, 1.54) is 0 Å². The molecule has 7 heteroatoms. The zero-order valence-electron chi connectivity index (χ0n) is 17.7. The molecule has 164 valence electrons. The van der Waals surface area contributed by atoms with E-state index in [1.54, 1.807) is 7.11 Å². The number of hydrogen-bond acceptors (Lipinski definition) is 5. The second-order valence-corrected chi connectivity index (χ2v) is 8.16. The minimum atomic E-state index is -0.413. The number of benzene rings is 2. The molecular formula is C24H28N2O5. The van der Waals surface area contributed by atoms with Crippen LogP contribution in [-0.2, 0) is 16.0 Å². The number of carbonyl (C=O) groups excluding carboxylic acids is 2. The van der Waals surface area contributed by atoms with Gasteiger partial charge in [-0.2, -0.15) is 0 Å². The zero-order chi connectivity index (χ0) is 21.7. The Morgan fingerprint density at radius 3 is 2.84 bits per heavy atom. The van der Waals surface area contributed by atoms with Crippen LogP contribution in [-0.4, -0.2) is 43.7 Å². The molecule has 2 aromatic rings. The number of nitrogens with one attached hydrogen (secondary N) is 2. The van der Waals surface area contributed by atoms with Crippen molar-refractivity contribution in [3.8, 4) is 17.2 Å². The summed E-state index contributed by atoms with van der Waals surface area (Å²) in [4.78, 5) is 24.5. The molecule has 0 bridgehead atoms. The number of rotatable bonds is 8. The molecule has 4 rings (SSSR count). The molecule has 0 saturated carbocycles. The van der Waals surface area contributed by atoms with Crippen LogP contribution in [0.2, 0.25) is 0 Å². The van der Waals surface area contributed by atoms with Gasteiger partial charge >= 0.3 is 0 Å². The molecule has 2 N–H and O–H groups in total. The number of fused-ring (bicyclic) bond motifs is 1. The van der Waals surface area contributed by atoms with Gasteiger partial charge in [0.25, 0.3) is 0 Å². The van der Waals surface area contributed by atoms with Crippen LogP contribution < -0.4 is 24.8 Å². The molecule has 7 nitrogen and oxygen atoms in total. The summed E-state index contributed by atoms with van der Waals surface area (Å²) in [5.74, 6) is 2.18. The Bertz CT molecular complexity index is 947. The smallest absolute Gasteiger partial charge is 0.220 e. The molecule has 2 aliphatic heterocycles. The fourth-order valence-electron chi connectivity index (χ4n) is 4.19. The summed E-state index contributed by atoms with van der Waals surface area (Å²) >= 11 is 0. The van der Waals surface area contributed by atoms with Crippen molar-refractivity contribution in [1.29, 1.82) is 0 Å². The van der Waals surface area contributed by atoms with Gasteiger partial charge in [0.05, 0.1) is 13.7 Å². The average molecular weight is 424 g/mol. The minimum absolute atomic E-state index is 0.0368. The fourth-order valence-corrected chi connectivity index (χ4v) is 4.19. The minimum Gasteiger partial charge on any atom is -0.497 e. The topological polar surface area (TPSA) is 85.9 Å². The van der Waals surface area contributed by atoms with Crippen LogP contribution in [0.1, 0.15) is 31.2 Å². The number of amides is 2. The lowest BCUT2D eigenvalue weighted by atomic mass is 9.85. The van der Waals surface area contributed by atoms with Crippen LogP contribution in [0, 0.1) is 0 Å². The summed E-state index contributed by atoms with van der Waals surface area (Å²) in [6.45, 7) is 0.773. The second-order valence-electron chi connectivity index (χ2n) is 8.16. The quantitative estimate of drug-likeness (QED) is 0.680. The van der Waals surface area contributed by atoms with Gasteiger partial charge < -0.3 is 24.8 Å². The Morgan fingerprint density at radius 1 is 1.23 bits per heavy atom. The van der Waals surface area contributed by atoms with Gasteiger partial charge in [-0.05, 0) is 49.1 Å². The zero-order valence-corrected chi connectivity index (χ0v) is 17.7. The van der Waals surface area contributed by atoms with Crippen LogP contribution in [0.4, 0.5) is 0 Å². The molecule has 31 heavy (non-hydrogen) atoms. The molecule has 0 radical (unpaired) electrons. The molecular weight excluding hydrogens is 396 g/mol. The molecule has 2 amide bonds. The maximum atomic E-state index is 12.5. The third kappa shape index (κ3) is 5.29. The van der Waals surface area contributed by atoms with E-state index in [0.717, 1.165) is 17.1 Å². The van der Waals surface area contributed by atoms with Crippen molar-refractivity contribution in [2.45, 2.75) is 43.7 Å². The van der Waals surface area contributed by atoms with Gasteiger partial charge in [-0.1, -0.05) is 24.3 Å². The first kappa shape index (κ1) is 21.0. The Hall–Kier alpha value is -3.22. The Kier molecular flexibility index (Phi) is 6.30. The third-order valence-corrected chi connectivity index (χ3v) is 5.84. The Labute approximate surface area is 182 Å². The van der Waals surface area contributed by atoms with Crippen molar-refractivity contribution in [3.63, 3.8) is 0 Å². The monoisotopic (exact) mass is 424 g/mol. The Morgan fingerprint density at radius 2 is 2.06 bits per heavy atom. The van der Waals surface area contributed by atoms with Crippen LogP contribution in [0.5, 0.6) is 17.2 Å². The van der Waals surface area contributed by atoms with E-state index in [2.05, 4.69) is 10.6 Å². The standard InChI is InChI=1S/C24H28N2O5/c1-29-18-6-4-5-17(13-18)14-24(12-10-23(28)26-24)11-9-22(27)25-15-19-16-30-20-7-2-3-8-21(20)31-19/h2-8,13,19H,9-12,14-16H2,1H3,(H,25,27)(H,26,28). The highest BCUT2D eigenvalue weighted by atomic mass is 16.6. The van der Waals surface area contributed by atoms with Gasteiger partial charge in [0.2, 0.25) is 11.8 Å². The van der Waals surface area contributed by atoms with Crippen molar-refractivity contribution >= 4 is 11.8 Å². The van der Waals surface area contributed by atoms with E-state index in [-0.39, 0.29) is 17.9 Å². The molecule has 1 fully saturated rings. The highest BCUT2D eigenvalue weighted by molar-refractivity contribution is 5.80. The van der Waals surface area contributed by atoms with Crippen molar-refractivity contribution in [3.05, 3.63) is 54.1 Å². The van der Waals surface area contributed by atoms with E-state index in [4.69, 9.17) is 14.2 Å². The van der Waals surface area contributed by atoms with Crippen LogP contribution in [0.15, 0.2) is 48.5 Å². The third-order valence-electron chi connectivity index (χ3n) is 5.84. The summed E-state index contributed by atoms with van der Waals surface area (Å²) in [5.41, 5.74) is 0.665. The average Bonchev–Trinajstić information content (AvgIpc) is 3.16. The summed E-state index contributed by atoms with van der Waals surface area (Å²) in [7, 11) is 1.64. The predicted octanol–water partition coefficient (Wildman–Crippen LogP) is 2.62. The Balaban J connectivity index is 1.30. The van der Waals surface area contributed by atoms with Crippen LogP contribution >= 0.6 is 0 Å². The number of ether oxygens (including phenoxy) is 3. The molecule has 2 unspecified atom stereocenters. The van der Waals surface area contributed by atoms with Gasteiger partial charge in [0.15, 0.2) is 11.5 Å². The highest BCUT2D eigenvalue weighted by Crippen LogP contribution is 2.32. The molecule has 2 aromatic carbocycles. The molecule has 0 spiro atoms. The first-order chi connectivity index (χ1) is 15.0. The van der Waals surface area contributed by atoms with Gasteiger partial charge in [-0.25, -0.2) is 0 Å². The van der Waals surface area contributed by atoms with Gasteiger partial charge in [-0.15, -0.1) is 0 Å². The first-order valence-corrected chi connectivity index (χ1v) is 10.6. The largest absolute Gasteiger partial charge is 0.497 e. The summed E-state index contributed by atoms with van der Waals surface area (Å²) in [5, 5.41) is 6.06. The SMILES string of the molecule is COc1cccc(CC2(CCC(=O)NCC3COc4ccccc4O3)CCC(=O)N2)c1. The predicted molar refractivity (Wildman–Crippen MR) is 115 cm³/mol. The fraction of sp³-hybridized carbons (Fsp3) is 0.417. The van der Waals surface area contributed by atoms with Gasteiger partial charge in [0, 0.05) is 18.4 Å². The summed E-state index contributed by atoms with van der Waals surface area (Å²) in [6.07, 6.45) is 2.54. The van der Waals surface area contributed by atoms with Crippen molar-refractivity contribution < 1.29 is 23.8 Å². The van der Waals surface area contributed by atoms with E-state index in [0.29, 0.717) is 51.0 Å². The lowest BCUT2D eigenvalue weighted by molar-refractivity contribution is -0.123. The van der Waals surface area contributed by atoms with Gasteiger partial charge in [-0.3, -0.25) is 9.59 Å². The normalized spacial score (nSPS) is 22.0. The van der Waals surface area contributed by atoms with Crippen molar-refractivity contribution in [2.75, 3.05) is 20.3 Å². The van der Waals surface area contributed by atoms with Crippen molar-refractivity contribution in [2.24, 2.45) is 0 Å². The number of carbonyl (C=O) groups is 2. The molecule has 1 saturated heterocycles. The lowest BCUT2D eigenvalue weighted by Gasteiger charge is -2.30. The van der Waals surface area contributed by atoms with E-state index >= 15 is 0 Å². The summed E-state index contributed by atoms with van der Waals surface area (Å²) < 4.78 is 16.9. The maximum Gasteiger partial charge on any atom is 0.220 e. The molecule has 2 atom stereocenters. The number of methoxy groups -OCH3 is 1. The molecule has 2 aliphatic rings. The highest BCUT2D eigenvalue weighted by Gasteiger charge is 2.38. The van der Waals surface area contributed by atoms with Crippen molar-refractivity contribution in [1.82, 2.24) is 10.6 Å². The lowest BCUT2D eigenvalue weighted by Crippen LogP contribution is -2.45.